The molecule has 0 aliphatic rings. The Bertz CT molecular complexity index is 881. The van der Waals surface area contributed by atoms with Gasteiger partial charge in [0.05, 0.1) is 0 Å². The molecular weight excluding hydrogens is 248 g/mol. The summed E-state index contributed by atoms with van der Waals surface area (Å²) in [6.45, 7) is 0. The van der Waals surface area contributed by atoms with E-state index in [1.165, 1.54) is 12.4 Å². The number of nitrogens with zero attached hydrogens (tertiary/aromatic N) is 1. The van der Waals surface area contributed by atoms with Gasteiger partial charge in [0.1, 0.15) is 0 Å². The molecule has 3 aromatic carbocycles. The molecule has 1 aromatic heterocycles. The molecule has 0 fully saturated rings. The van der Waals surface area contributed by atoms with Crippen LogP contribution in [-0.4, -0.2) is 12.0 Å². The lowest BCUT2D eigenvalue weighted by Crippen LogP contribution is -1.84. The summed E-state index contributed by atoms with van der Waals surface area (Å²) < 4.78 is 5.89. The van der Waals surface area contributed by atoms with Crippen LogP contribution in [0.1, 0.15) is 0 Å². The van der Waals surface area contributed by atoms with Crippen LogP contribution in [0.3, 0.4) is 0 Å². The van der Waals surface area contributed by atoms with Crippen LogP contribution in [-0.2, 0) is 0 Å². The third kappa shape index (κ3) is 1.98. The van der Waals surface area contributed by atoms with Crippen molar-refractivity contribution in [1.82, 2.24) is 4.98 Å². The summed E-state index contributed by atoms with van der Waals surface area (Å²) in [6, 6.07) is 20.1. The highest BCUT2D eigenvalue weighted by Gasteiger charge is 2.14. The molecule has 4 rings (SSSR count). The van der Waals surface area contributed by atoms with Gasteiger partial charge in [-0.05, 0) is 24.6 Å². The Balaban J connectivity index is 0.000000581. The van der Waals surface area contributed by atoms with Gasteiger partial charge >= 0.3 is 11.2 Å². The van der Waals surface area contributed by atoms with E-state index in [-0.39, 0.29) is 0 Å². The average Bonchev–Trinajstić information content (AvgIpc) is 2.55. The first-order valence-corrected chi connectivity index (χ1v) is 6.50. The lowest BCUT2D eigenvalue weighted by Gasteiger charge is -1.97. The van der Waals surface area contributed by atoms with Gasteiger partial charge in [0.2, 0.25) is 0 Å². The van der Waals surface area contributed by atoms with Crippen molar-refractivity contribution < 1.29 is 4.42 Å². The summed E-state index contributed by atoms with van der Waals surface area (Å²) in [5, 5.41) is 2.31. The van der Waals surface area contributed by atoms with Gasteiger partial charge in [-0.2, -0.15) is 0 Å². The van der Waals surface area contributed by atoms with E-state index in [0.717, 1.165) is 27.6 Å². The van der Waals surface area contributed by atoms with E-state index in [4.69, 9.17) is 9.40 Å². The fraction of sp³-hybridized carbons (Fsp3) is 0.0588. The Hall–Kier alpha value is -2.52. The topological polar surface area (TPSA) is 50.2 Å². The van der Waals surface area contributed by atoms with Crippen LogP contribution in [0.5, 0.6) is 0 Å². The van der Waals surface area contributed by atoms with Crippen molar-refractivity contribution in [2.24, 2.45) is 5.73 Å². The van der Waals surface area contributed by atoms with Gasteiger partial charge in [-0.15, -0.1) is 0 Å². The first-order chi connectivity index (χ1) is 9.92. The molecule has 0 bridgehead atoms. The van der Waals surface area contributed by atoms with E-state index >= 15 is 0 Å². The number of para-hydroxylation sites is 2. The number of fused-ring (bicyclic) bond motifs is 4. The molecule has 98 valence electrons. The maximum atomic E-state index is 5.89. The van der Waals surface area contributed by atoms with E-state index in [9.17, 15) is 0 Å². The molecule has 0 aliphatic carbocycles. The Morgan fingerprint density at radius 1 is 0.800 bits per heavy atom. The van der Waals surface area contributed by atoms with Crippen molar-refractivity contribution in [2.45, 2.75) is 0 Å². The maximum Gasteiger partial charge on any atom is 0.379 e. The molecular formula is C17H15N2O+. The molecule has 0 amide bonds. The lowest BCUT2D eigenvalue weighted by atomic mass is 10.1. The Kier molecular flexibility index (Phi) is 3.27. The molecule has 3 nitrogen and oxygen atoms in total. The third-order valence-electron chi connectivity index (χ3n) is 3.18. The summed E-state index contributed by atoms with van der Waals surface area (Å²) >= 11 is 0. The van der Waals surface area contributed by atoms with Gasteiger partial charge < -0.3 is 5.73 Å². The first-order valence-electron chi connectivity index (χ1n) is 6.50. The highest BCUT2D eigenvalue weighted by Crippen LogP contribution is 2.26. The van der Waals surface area contributed by atoms with Crippen LogP contribution >= 0.6 is 0 Å². The Morgan fingerprint density at radius 2 is 1.55 bits per heavy atom. The van der Waals surface area contributed by atoms with E-state index in [2.05, 4.69) is 23.9 Å². The zero-order valence-corrected chi connectivity index (χ0v) is 11.2. The normalized spacial score (nSPS) is 10.5. The van der Waals surface area contributed by atoms with Crippen LogP contribution in [0.4, 0.5) is 0 Å². The van der Waals surface area contributed by atoms with Crippen LogP contribution in [0.25, 0.3) is 33.0 Å². The van der Waals surface area contributed by atoms with Crippen LogP contribution < -0.4 is 5.73 Å². The minimum atomic E-state index is 0.820. The number of aromatic nitrogens is 1. The quantitative estimate of drug-likeness (QED) is 0.296. The number of benzene rings is 3. The number of hydrogen-bond donors (Lipinski definition) is 1. The molecule has 3 heteroatoms. The molecule has 0 saturated carbocycles. The fourth-order valence-corrected chi connectivity index (χ4v) is 2.31. The molecule has 0 saturated heterocycles. The Morgan fingerprint density at radius 3 is 2.45 bits per heavy atom. The standard InChI is InChI=1S/C16H10NO.CH5N/c1-2-6-12-11(5-1)9-10-15-16(12)17-13-7-3-4-8-14(13)18-15;1-2/h1-10H;2H2,1H3/q+1;. The molecule has 0 aliphatic heterocycles. The van der Waals surface area contributed by atoms with Gasteiger partial charge in [0, 0.05) is 17.5 Å². The van der Waals surface area contributed by atoms with Gasteiger partial charge in [-0.3, -0.25) is 0 Å². The van der Waals surface area contributed by atoms with Crippen LogP contribution in [0.15, 0.2) is 65.1 Å². The molecule has 20 heavy (non-hydrogen) atoms. The number of rotatable bonds is 0. The molecule has 2 N–H and O–H groups in total. The largest absolute Gasteiger partial charge is 0.379 e. The van der Waals surface area contributed by atoms with Crippen molar-refractivity contribution in [3.8, 4) is 0 Å². The van der Waals surface area contributed by atoms with E-state index < -0.39 is 0 Å². The highest BCUT2D eigenvalue weighted by atomic mass is 16.3. The lowest BCUT2D eigenvalue weighted by molar-refractivity contribution is 0.657. The SMILES string of the molecule is CN.c1ccc2c(c1)ccc1[o+]c3ccccc3nc12. The fourth-order valence-electron chi connectivity index (χ4n) is 2.31. The summed E-state index contributed by atoms with van der Waals surface area (Å²) in [7, 11) is 1.50. The summed E-state index contributed by atoms with van der Waals surface area (Å²) in [6.07, 6.45) is 0. The van der Waals surface area contributed by atoms with Gasteiger partial charge in [0.25, 0.3) is 0 Å². The van der Waals surface area contributed by atoms with E-state index in [1.807, 2.05) is 42.5 Å². The second-order valence-corrected chi connectivity index (χ2v) is 4.32. The second kappa shape index (κ2) is 5.23. The van der Waals surface area contributed by atoms with Crippen molar-refractivity contribution in [3.05, 3.63) is 60.7 Å². The van der Waals surface area contributed by atoms with E-state index in [1.54, 1.807) is 0 Å². The minimum Gasteiger partial charge on any atom is -0.333 e. The van der Waals surface area contributed by atoms with Gasteiger partial charge in [0.15, 0.2) is 11.0 Å². The smallest absolute Gasteiger partial charge is 0.333 e. The number of hydrogen-bond acceptors (Lipinski definition) is 2. The van der Waals surface area contributed by atoms with E-state index in [0.29, 0.717) is 0 Å². The Labute approximate surface area is 116 Å². The van der Waals surface area contributed by atoms with Crippen molar-refractivity contribution in [2.75, 3.05) is 7.05 Å². The molecule has 0 atom stereocenters. The van der Waals surface area contributed by atoms with Crippen molar-refractivity contribution >= 4 is 33.0 Å². The predicted molar refractivity (Wildman–Crippen MR) is 83.5 cm³/mol. The number of nitrogens with two attached hydrogens (primary N) is 1. The monoisotopic (exact) mass is 263 g/mol. The molecule has 0 spiro atoms. The third-order valence-corrected chi connectivity index (χ3v) is 3.18. The molecule has 1 heterocycles. The zero-order valence-electron chi connectivity index (χ0n) is 11.2. The molecule has 4 aromatic rings. The summed E-state index contributed by atoms with van der Waals surface area (Å²) in [5.74, 6) is 0. The minimum absolute atomic E-state index is 0.820. The predicted octanol–water partition coefficient (Wildman–Crippen LogP) is 3.99. The van der Waals surface area contributed by atoms with Crippen molar-refractivity contribution in [1.29, 1.82) is 0 Å². The van der Waals surface area contributed by atoms with Gasteiger partial charge in [-0.25, -0.2) is 9.40 Å². The summed E-state index contributed by atoms with van der Waals surface area (Å²) in [5.41, 5.74) is 7.96. The summed E-state index contributed by atoms with van der Waals surface area (Å²) in [4.78, 5) is 4.71. The average molecular weight is 263 g/mol. The second-order valence-electron chi connectivity index (χ2n) is 4.32. The zero-order chi connectivity index (χ0) is 13.9. The first kappa shape index (κ1) is 12.5. The van der Waals surface area contributed by atoms with Crippen LogP contribution in [0, 0.1) is 0 Å². The molecule has 0 radical (unpaired) electrons. The van der Waals surface area contributed by atoms with Gasteiger partial charge in [-0.1, -0.05) is 36.4 Å². The highest BCUT2D eigenvalue weighted by molar-refractivity contribution is 6.04. The van der Waals surface area contributed by atoms with Crippen molar-refractivity contribution in [3.63, 3.8) is 0 Å². The maximum absolute atomic E-state index is 5.89. The molecule has 0 unspecified atom stereocenters. The van der Waals surface area contributed by atoms with Crippen LogP contribution in [0.2, 0.25) is 0 Å².